The molecular weight excluding hydrogens is 226 g/mol. The number of benzene rings is 1. The molecular formula is C12H18ClNO2. The van der Waals surface area contributed by atoms with Gasteiger partial charge in [0.15, 0.2) is 0 Å². The van der Waals surface area contributed by atoms with E-state index in [2.05, 4.69) is 0 Å². The molecule has 3 nitrogen and oxygen atoms in total. The summed E-state index contributed by atoms with van der Waals surface area (Å²) in [5, 5.41) is 19.6. The van der Waals surface area contributed by atoms with Crippen LogP contribution in [0.3, 0.4) is 0 Å². The van der Waals surface area contributed by atoms with Gasteiger partial charge in [0.1, 0.15) is 5.75 Å². The maximum Gasteiger partial charge on any atom is 0.134 e. The number of phenols is 1. The predicted octanol–water partition coefficient (Wildman–Crippen LogP) is 2.45. The lowest BCUT2D eigenvalue weighted by Crippen LogP contribution is -2.36. The Balaban J connectivity index is 2.97. The van der Waals surface area contributed by atoms with Crippen LogP contribution in [0.2, 0.25) is 5.02 Å². The van der Waals surface area contributed by atoms with Crippen molar-refractivity contribution in [2.45, 2.75) is 32.9 Å². The van der Waals surface area contributed by atoms with Gasteiger partial charge >= 0.3 is 0 Å². The molecule has 1 rings (SSSR count). The summed E-state index contributed by atoms with van der Waals surface area (Å²) in [7, 11) is 0. The molecule has 0 aliphatic heterocycles. The van der Waals surface area contributed by atoms with Gasteiger partial charge in [0.25, 0.3) is 0 Å². The van der Waals surface area contributed by atoms with Gasteiger partial charge in [-0.05, 0) is 23.1 Å². The minimum atomic E-state index is -0.673. The van der Waals surface area contributed by atoms with Crippen LogP contribution < -0.4 is 5.73 Å². The first-order valence-corrected chi connectivity index (χ1v) is 5.53. The molecule has 4 N–H and O–H groups in total. The van der Waals surface area contributed by atoms with E-state index in [1.54, 1.807) is 12.1 Å². The summed E-state index contributed by atoms with van der Waals surface area (Å²) in [6.07, 6.45) is -0.673. The molecule has 0 amide bonds. The molecule has 2 atom stereocenters. The molecule has 0 aliphatic carbocycles. The number of hydrogen-bond acceptors (Lipinski definition) is 3. The molecule has 0 spiro atoms. The topological polar surface area (TPSA) is 66.5 Å². The summed E-state index contributed by atoms with van der Waals surface area (Å²) >= 11 is 5.79. The Labute approximate surface area is 101 Å². The van der Waals surface area contributed by atoms with Gasteiger partial charge in [-0.15, -0.1) is 0 Å². The molecule has 90 valence electrons. The number of nitrogens with two attached hydrogens (primary N) is 1. The van der Waals surface area contributed by atoms with E-state index in [1.165, 1.54) is 6.07 Å². The van der Waals surface area contributed by atoms with Gasteiger partial charge in [-0.3, -0.25) is 0 Å². The Hall–Kier alpha value is -0.770. The van der Waals surface area contributed by atoms with Gasteiger partial charge in [-0.25, -0.2) is 0 Å². The Kier molecular flexibility index (Phi) is 3.84. The van der Waals surface area contributed by atoms with Crippen LogP contribution in [0, 0.1) is 5.41 Å². The lowest BCUT2D eigenvalue weighted by Gasteiger charge is -2.31. The lowest BCUT2D eigenvalue weighted by atomic mass is 9.82. The van der Waals surface area contributed by atoms with Crippen molar-refractivity contribution in [3.05, 3.63) is 28.8 Å². The molecule has 0 saturated carbocycles. The zero-order valence-electron chi connectivity index (χ0n) is 9.74. The average molecular weight is 244 g/mol. The normalized spacial score (nSPS) is 15.9. The van der Waals surface area contributed by atoms with Crippen LogP contribution in [-0.2, 0) is 0 Å². The number of phenolic OH excluding ortho intramolecular Hbond substituents is 1. The molecule has 1 aromatic rings. The third kappa shape index (κ3) is 2.88. The molecule has 0 heterocycles. The van der Waals surface area contributed by atoms with Gasteiger partial charge in [0.2, 0.25) is 0 Å². The second-order valence-corrected chi connectivity index (χ2v) is 5.45. The maximum absolute atomic E-state index is 10.0. The molecule has 0 radical (unpaired) electrons. The number of aromatic hydroxyl groups is 1. The first-order chi connectivity index (χ1) is 7.23. The van der Waals surface area contributed by atoms with E-state index in [-0.39, 0.29) is 16.2 Å². The molecule has 0 saturated heterocycles. The zero-order valence-corrected chi connectivity index (χ0v) is 10.5. The molecule has 0 bridgehead atoms. The molecule has 0 aromatic heterocycles. The third-order valence-electron chi connectivity index (χ3n) is 2.58. The van der Waals surface area contributed by atoms with Crippen molar-refractivity contribution in [3.8, 4) is 5.75 Å². The Morgan fingerprint density at radius 1 is 1.31 bits per heavy atom. The van der Waals surface area contributed by atoms with Crippen molar-refractivity contribution in [2.24, 2.45) is 11.1 Å². The first kappa shape index (κ1) is 13.3. The maximum atomic E-state index is 10.0. The summed E-state index contributed by atoms with van der Waals surface area (Å²) in [6, 6.07) is 4.21. The number of aliphatic hydroxyl groups is 1. The summed E-state index contributed by atoms with van der Waals surface area (Å²) in [4.78, 5) is 0. The molecule has 16 heavy (non-hydrogen) atoms. The highest BCUT2D eigenvalue weighted by atomic mass is 35.5. The van der Waals surface area contributed by atoms with E-state index in [1.807, 2.05) is 20.8 Å². The quantitative estimate of drug-likeness (QED) is 0.748. The predicted molar refractivity (Wildman–Crippen MR) is 65.5 cm³/mol. The van der Waals surface area contributed by atoms with Crippen molar-refractivity contribution in [2.75, 3.05) is 0 Å². The number of halogens is 1. The Morgan fingerprint density at radius 2 is 1.88 bits per heavy atom. The van der Waals surface area contributed by atoms with Crippen LogP contribution in [0.25, 0.3) is 0 Å². The Bertz CT molecular complexity index is 374. The standard InChI is InChI=1S/C12H18ClNO2/c1-12(2,3)11(16)10(14)7-4-5-9(15)8(13)6-7/h4-6,10-11,15-16H,14H2,1-3H3/t10-,11-/m1/s1. The fraction of sp³-hybridized carbons (Fsp3) is 0.500. The van der Waals surface area contributed by atoms with Gasteiger partial charge in [-0.1, -0.05) is 38.4 Å². The van der Waals surface area contributed by atoms with Crippen molar-refractivity contribution < 1.29 is 10.2 Å². The number of hydrogen-bond donors (Lipinski definition) is 3. The van der Waals surface area contributed by atoms with Crippen LogP contribution >= 0.6 is 11.6 Å². The van der Waals surface area contributed by atoms with E-state index in [0.717, 1.165) is 0 Å². The van der Waals surface area contributed by atoms with Crippen molar-refractivity contribution in [1.29, 1.82) is 0 Å². The fourth-order valence-corrected chi connectivity index (χ4v) is 1.64. The van der Waals surface area contributed by atoms with Crippen LogP contribution in [-0.4, -0.2) is 16.3 Å². The van der Waals surface area contributed by atoms with Gasteiger partial charge < -0.3 is 15.9 Å². The molecule has 4 heteroatoms. The van der Waals surface area contributed by atoms with Crippen molar-refractivity contribution in [1.82, 2.24) is 0 Å². The largest absolute Gasteiger partial charge is 0.506 e. The number of aliphatic hydroxyl groups excluding tert-OH is 1. The van der Waals surface area contributed by atoms with Gasteiger partial charge in [-0.2, -0.15) is 0 Å². The van der Waals surface area contributed by atoms with Crippen LogP contribution in [0.1, 0.15) is 32.4 Å². The minimum Gasteiger partial charge on any atom is -0.506 e. The van der Waals surface area contributed by atoms with Crippen LogP contribution in [0.5, 0.6) is 5.75 Å². The summed E-state index contributed by atoms with van der Waals surface area (Å²) < 4.78 is 0. The van der Waals surface area contributed by atoms with E-state index in [4.69, 9.17) is 17.3 Å². The zero-order chi connectivity index (χ0) is 12.5. The van der Waals surface area contributed by atoms with Gasteiger partial charge in [0, 0.05) is 0 Å². The Morgan fingerprint density at radius 3 is 2.31 bits per heavy atom. The van der Waals surface area contributed by atoms with E-state index in [0.29, 0.717) is 5.56 Å². The highest BCUT2D eigenvalue weighted by Gasteiger charge is 2.29. The van der Waals surface area contributed by atoms with Crippen LogP contribution in [0.15, 0.2) is 18.2 Å². The molecule has 0 unspecified atom stereocenters. The molecule has 1 aromatic carbocycles. The van der Waals surface area contributed by atoms with E-state index >= 15 is 0 Å². The first-order valence-electron chi connectivity index (χ1n) is 5.15. The lowest BCUT2D eigenvalue weighted by molar-refractivity contribution is 0.0401. The summed E-state index contributed by atoms with van der Waals surface area (Å²) in [5.74, 6) is 0.0165. The highest BCUT2D eigenvalue weighted by molar-refractivity contribution is 6.32. The average Bonchev–Trinajstić information content (AvgIpc) is 2.18. The second kappa shape index (κ2) is 4.62. The third-order valence-corrected chi connectivity index (χ3v) is 2.89. The van der Waals surface area contributed by atoms with Crippen LogP contribution in [0.4, 0.5) is 0 Å². The van der Waals surface area contributed by atoms with Crippen molar-refractivity contribution in [3.63, 3.8) is 0 Å². The fourth-order valence-electron chi connectivity index (χ4n) is 1.45. The van der Waals surface area contributed by atoms with E-state index < -0.39 is 12.1 Å². The van der Waals surface area contributed by atoms with E-state index in [9.17, 15) is 10.2 Å². The highest BCUT2D eigenvalue weighted by Crippen LogP contribution is 2.31. The van der Waals surface area contributed by atoms with Crippen molar-refractivity contribution >= 4 is 11.6 Å². The molecule has 0 aliphatic rings. The van der Waals surface area contributed by atoms with Gasteiger partial charge in [0.05, 0.1) is 17.2 Å². The minimum absolute atomic E-state index is 0.0165. The summed E-state index contributed by atoms with van der Waals surface area (Å²) in [6.45, 7) is 5.75. The SMILES string of the molecule is CC(C)(C)[C@H](O)[C@H](N)c1ccc(O)c(Cl)c1. The number of rotatable bonds is 2. The monoisotopic (exact) mass is 243 g/mol. The second-order valence-electron chi connectivity index (χ2n) is 5.05. The molecule has 0 fully saturated rings. The smallest absolute Gasteiger partial charge is 0.134 e. The summed E-state index contributed by atoms with van der Waals surface area (Å²) in [5.41, 5.74) is 6.36.